The number of carbonyl (C=O) groups is 1. The summed E-state index contributed by atoms with van der Waals surface area (Å²) in [5.41, 5.74) is 0.0570. The highest BCUT2D eigenvalue weighted by molar-refractivity contribution is 5.76. The number of methoxy groups -OCH3 is 1. The first-order chi connectivity index (χ1) is 7.06. The Bertz CT molecular complexity index is 220. The average molecular weight is 213 g/mol. The largest absolute Gasteiger partial charge is 0.468 e. The van der Waals surface area contributed by atoms with Crippen LogP contribution >= 0.6 is 0 Å². The molecule has 1 N–H and O–H groups in total. The zero-order valence-electron chi connectivity index (χ0n) is 10.3. The second kappa shape index (κ2) is 4.97. The van der Waals surface area contributed by atoms with Crippen LogP contribution in [0.5, 0.6) is 0 Å². The monoisotopic (exact) mass is 213 g/mol. The van der Waals surface area contributed by atoms with E-state index in [-0.39, 0.29) is 17.6 Å². The van der Waals surface area contributed by atoms with E-state index in [9.17, 15) is 4.79 Å². The van der Waals surface area contributed by atoms with Crippen molar-refractivity contribution in [2.24, 2.45) is 5.92 Å². The Labute approximate surface area is 92.6 Å². The predicted octanol–water partition coefficient (Wildman–Crippen LogP) is 2.11. The highest BCUT2D eigenvalue weighted by Gasteiger charge is 2.39. The van der Waals surface area contributed by atoms with Gasteiger partial charge in [0.15, 0.2) is 0 Å². The lowest BCUT2D eigenvalue weighted by Crippen LogP contribution is -2.52. The molecule has 15 heavy (non-hydrogen) atoms. The molecule has 1 rings (SSSR count). The van der Waals surface area contributed by atoms with Crippen LogP contribution in [0.2, 0.25) is 0 Å². The predicted molar refractivity (Wildman–Crippen MR) is 60.7 cm³/mol. The lowest BCUT2D eigenvalue weighted by molar-refractivity contribution is -0.144. The van der Waals surface area contributed by atoms with Crippen LogP contribution in [0.15, 0.2) is 0 Å². The fraction of sp³-hybridized carbons (Fsp3) is 0.917. The Hall–Kier alpha value is -0.570. The summed E-state index contributed by atoms with van der Waals surface area (Å²) in [6, 6.07) is -0.0973. The molecule has 0 radical (unpaired) electrons. The summed E-state index contributed by atoms with van der Waals surface area (Å²) in [6.07, 6.45) is 4.36. The molecule has 1 aliphatic rings. The molecule has 3 heteroatoms. The molecule has 1 atom stereocenters. The lowest BCUT2D eigenvalue weighted by Gasteiger charge is -2.32. The maximum Gasteiger partial charge on any atom is 0.323 e. The van der Waals surface area contributed by atoms with Crippen molar-refractivity contribution in [2.45, 2.75) is 58.0 Å². The van der Waals surface area contributed by atoms with Crippen LogP contribution in [0.4, 0.5) is 0 Å². The number of ether oxygens (including phenoxy) is 1. The van der Waals surface area contributed by atoms with E-state index in [1.807, 2.05) is 0 Å². The maximum absolute atomic E-state index is 11.6. The van der Waals surface area contributed by atoms with Gasteiger partial charge in [-0.05, 0) is 38.5 Å². The SMILES string of the molecule is CCC(C)(CC)NC(C(=O)OC)C1CC1. The first kappa shape index (κ1) is 12.5. The Kier molecular flexibility index (Phi) is 4.14. The van der Waals surface area contributed by atoms with E-state index in [0.717, 1.165) is 25.7 Å². The number of nitrogens with one attached hydrogen (secondary N) is 1. The van der Waals surface area contributed by atoms with Gasteiger partial charge in [0.1, 0.15) is 6.04 Å². The molecule has 0 saturated heterocycles. The molecule has 1 aliphatic carbocycles. The van der Waals surface area contributed by atoms with Crippen LogP contribution in [-0.2, 0) is 9.53 Å². The van der Waals surface area contributed by atoms with Crippen molar-refractivity contribution in [2.75, 3.05) is 7.11 Å². The normalized spacial score (nSPS) is 18.7. The summed E-state index contributed by atoms with van der Waals surface area (Å²) in [6.45, 7) is 6.47. The van der Waals surface area contributed by atoms with Gasteiger partial charge in [-0.3, -0.25) is 10.1 Å². The van der Waals surface area contributed by atoms with Crippen LogP contribution in [0.3, 0.4) is 0 Å². The van der Waals surface area contributed by atoms with Crippen molar-refractivity contribution in [3.8, 4) is 0 Å². The quantitative estimate of drug-likeness (QED) is 0.687. The average Bonchev–Trinajstić information content (AvgIpc) is 3.08. The number of hydrogen-bond acceptors (Lipinski definition) is 3. The molecule has 0 aliphatic heterocycles. The van der Waals surface area contributed by atoms with Gasteiger partial charge >= 0.3 is 5.97 Å². The van der Waals surface area contributed by atoms with Gasteiger partial charge in [0, 0.05) is 5.54 Å². The molecule has 0 aromatic carbocycles. The van der Waals surface area contributed by atoms with Gasteiger partial charge in [-0.2, -0.15) is 0 Å². The van der Waals surface area contributed by atoms with E-state index in [1.54, 1.807) is 0 Å². The van der Waals surface area contributed by atoms with Crippen molar-refractivity contribution in [3.05, 3.63) is 0 Å². The fourth-order valence-corrected chi connectivity index (χ4v) is 1.76. The van der Waals surface area contributed by atoms with Gasteiger partial charge in [0.2, 0.25) is 0 Å². The Balaban J connectivity index is 2.61. The molecule has 1 fully saturated rings. The molecule has 1 unspecified atom stereocenters. The minimum absolute atomic E-state index is 0.0570. The summed E-state index contributed by atoms with van der Waals surface area (Å²) >= 11 is 0. The van der Waals surface area contributed by atoms with Gasteiger partial charge in [0.05, 0.1) is 7.11 Å². The van der Waals surface area contributed by atoms with Gasteiger partial charge < -0.3 is 4.74 Å². The van der Waals surface area contributed by atoms with Crippen LogP contribution < -0.4 is 5.32 Å². The van der Waals surface area contributed by atoms with Gasteiger partial charge in [-0.1, -0.05) is 13.8 Å². The summed E-state index contributed by atoms with van der Waals surface area (Å²) in [5, 5.41) is 3.47. The van der Waals surface area contributed by atoms with Crippen molar-refractivity contribution in [3.63, 3.8) is 0 Å². The molecule has 0 spiro atoms. The van der Waals surface area contributed by atoms with Gasteiger partial charge in [-0.15, -0.1) is 0 Å². The molecule has 3 nitrogen and oxygen atoms in total. The molecule has 0 amide bonds. The van der Waals surface area contributed by atoms with Crippen LogP contribution in [-0.4, -0.2) is 24.7 Å². The second-order valence-corrected chi connectivity index (χ2v) is 4.75. The first-order valence-corrected chi connectivity index (χ1v) is 5.91. The molecule has 0 aromatic heterocycles. The number of carbonyl (C=O) groups excluding carboxylic acids is 1. The molecular formula is C12H23NO2. The van der Waals surface area contributed by atoms with E-state index in [1.165, 1.54) is 7.11 Å². The van der Waals surface area contributed by atoms with Crippen LogP contribution in [0.25, 0.3) is 0 Å². The van der Waals surface area contributed by atoms with E-state index in [4.69, 9.17) is 4.74 Å². The third-order valence-corrected chi connectivity index (χ3v) is 3.61. The van der Waals surface area contributed by atoms with E-state index in [0.29, 0.717) is 5.92 Å². The van der Waals surface area contributed by atoms with Crippen molar-refractivity contribution in [1.82, 2.24) is 5.32 Å². The highest BCUT2D eigenvalue weighted by Crippen LogP contribution is 2.34. The number of hydrogen-bond donors (Lipinski definition) is 1. The summed E-state index contributed by atoms with van der Waals surface area (Å²) < 4.78 is 4.85. The second-order valence-electron chi connectivity index (χ2n) is 4.75. The Morgan fingerprint density at radius 1 is 1.47 bits per heavy atom. The maximum atomic E-state index is 11.6. The standard InChI is InChI=1S/C12H23NO2/c1-5-12(3,6-2)13-10(9-7-8-9)11(14)15-4/h9-10,13H,5-8H2,1-4H3. The van der Waals surface area contributed by atoms with Crippen LogP contribution in [0, 0.1) is 5.92 Å². The van der Waals surface area contributed by atoms with E-state index < -0.39 is 0 Å². The first-order valence-electron chi connectivity index (χ1n) is 5.91. The summed E-state index contributed by atoms with van der Waals surface area (Å²) in [5.74, 6) is 0.389. The molecule has 0 heterocycles. The third kappa shape index (κ3) is 3.20. The Morgan fingerprint density at radius 3 is 2.33 bits per heavy atom. The van der Waals surface area contributed by atoms with E-state index in [2.05, 4.69) is 26.1 Å². The minimum Gasteiger partial charge on any atom is -0.468 e. The van der Waals surface area contributed by atoms with Crippen LogP contribution in [0.1, 0.15) is 46.5 Å². The van der Waals surface area contributed by atoms with E-state index >= 15 is 0 Å². The van der Waals surface area contributed by atoms with Crippen molar-refractivity contribution < 1.29 is 9.53 Å². The molecule has 0 bridgehead atoms. The van der Waals surface area contributed by atoms with Crippen molar-refractivity contribution in [1.29, 1.82) is 0 Å². The smallest absolute Gasteiger partial charge is 0.323 e. The zero-order valence-corrected chi connectivity index (χ0v) is 10.3. The summed E-state index contributed by atoms with van der Waals surface area (Å²) in [4.78, 5) is 11.6. The minimum atomic E-state index is -0.106. The third-order valence-electron chi connectivity index (χ3n) is 3.61. The van der Waals surface area contributed by atoms with Crippen molar-refractivity contribution >= 4 is 5.97 Å². The zero-order chi connectivity index (χ0) is 11.5. The fourth-order valence-electron chi connectivity index (χ4n) is 1.76. The Morgan fingerprint density at radius 2 is 2.00 bits per heavy atom. The molecule has 0 aromatic rings. The molecular weight excluding hydrogens is 190 g/mol. The van der Waals surface area contributed by atoms with Gasteiger partial charge in [0.25, 0.3) is 0 Å². The van der Waals surface area contributed by atoms with Gasteiger partial charge in [-0.25, -0.2) is 0 Å². The molecule has 88 valence electrons. The lowest BCUT2D eigenvalue weighted by atomic mass is 9.93. The highest BCUT2D eigenvalue weighted by atomic mass is 16.5. The number of rotatable bonds is 6. The molecule has 1 saturated carbocycles. The number of esters is 1. The summed E-state index contributed by atoms with van der Waals surface area (Å²) in [7, 11) is 1.47. The topological polar surface area (TPSA) is 38.3 Å².